The van der Waals surface area contributed by atoms with Crippen molar-refractivity contribution < 1.29 is 9.53 Å². The SMILES string of the molecule is COc1ccc(CN(CC[C@]2(c3ccccc3)C[C@@H](C)N(C)C[C@H]2C)C(C)=O)cc1. The first-order valence-electron chi connectivity index (χ1n) is 11.0. The van der Waals surface area contributed by atoms with Gasteiger partial charge < -0.3 is 14.5 Å². The van der Waals surface area contributed by atoms with Crippen molar-refractivity contribution >= 4 is 5.91 Å². The van der Waals surface area contributed by atoms with Gasteiger partial charge in [-0.25, -0.2) is 0 Å². The van der Waals surface area contributed by atoms with Gasteiger partial charge in [0.2, 0.25) is 5.91 Å². The molecule has 0 bridgehead atoms. The van der Waals surface area contributed by atoms with Crippen molar-refractivity contribution in [3.05, 3.63) is 65.7 Å². The molecule has 1 fully saturated rings. The fourth-order valence-electron chi connectivity index (χ4n) is 4.97. The predicted molar refractivity (Wildman–Crippen MR) is 123 cm³/mol. The normalized spacial score (nSPS) is 24.4. The average molecular weight is 409 g/mol. The third-order valence-electron chi connectivity index (χ3n) is 7.07. The summed E-state index contributed by atoms with van der Waals surface area (Å²) < 4.78 is 5.26. The van der Waals surface area contributed by atoms with E-state index in [4.69, 9.17) is 4.74 Å². The molecular formula is C26H36N2O2. The van der Waals surface area contributed by atoms with E-state index in [1.54, 1.807) is 14.0 Å². The summed E-state index contributed by atoms with van der Waals surface area (Å²) in [6.07, 6.45) is 2.09. The number of benzene rings is 2. The van der Waals surface area contributed by atoms with Crippen molar-refractivity contribution in [2.24, 2.45) is 5.92 Å². The lowest BCUT2D eigenvalue weighted by molar-refractivity contribution is -0.129. The molecule has 0 saturated carbocycles. The highest BCUT2D eigenvalue weighted by Gasteiger charge is 2.43. The zero-order valence-electron chi connectivity index (χ0n) is 19.1. The molecule has 0 unspecified atom stereocenters. The number of rotatable bonds is 7. The van der Waals surface area contributed by atoms with Crippen molar-refractivity contribution in [1.82, 2.24) is 9.80 Å². The average Bonchev–Trinajstić information content (AvgIpc) is 2.75. The molecule has 2 aromatic rings. The number of hydrogen-bond donors (Lipinski definition) is 0. The monoisotopic (exact) mass is 408 g/mol. The van der Waals surface area contributed by atoms with Crippen LogP contribution in [0.25, 0.3) is 0 Å². The van der Waals surface area contributed by atoms with E-state index in [9.17, 15) is 4.79 Å². The summed E-state index contributed by atoms with van der Waals surface area (Å²) in [4.78, 5) is 16.9. The van der Waals surface area contributed by atoms with E-state index in [0.29, 0.717) is 18.5 Å². The van der Waals surface area contributed by atoms with E-state index >= 15 is 0 Å². The van der Waals surface area contributed by atoms with E-state index < -0.39 is 0 Å². The highest BCUT2D eigenvalue weighted by atomic mass is 16.5. The second kappa shape index (κ2) is 9.65. The molecule has 1 aliphatic rings. The van der Waals surface area contributed by atoms with Gasteiger partial charge in [-0.15, -0.1) is 0 Å². The van der Waals surface area contributed by atoms with Gasteiger partial charge in [-0.2, -0.15) is 0 Å². The minimum absolute atomic E-state index is 0.0841. The van der Waals surface area contributed by atoms with Crippen LogP contribution in [0.4, 0.5) is 0 Å². The molecule has 0 aliphatic carbocycles. The first kappa shape index (κ1) is 22.4. The third kappa shape index (κ3) is 4.86. The molecule has 0 spiro atoms. The number of likely N-dealkylation sites (tertiary alicyclic amines) is 1. The largest absolute Gasteiger partial charge is 0.497 e. The summed E-state index contributed by atoms with van der Waals surface area (Å²) in [6.45, 7) is 8.85. The van der Waals surface area contributed by atoms with E-state index in [2.05, 4.69) is 56.1 Å². The molecule has 0 N–H and O–H groups in total. The van der Waals surface area contributed by atoms with E-state index in [-0.39, 0.29) is 11.3 Å². The van der Waals surface area contributed by atoms with Gasteiger partial charge in [0.05, 0.1) is 7.11 Å². The topological polar surface area (TPSA) is 32.8 Å². The molecule has 30 heavy (non-hydrogen) atoms. The van der Waals surface area contributed by atoms with Crippen LogP contribution in [0, 0.1) is 5.92 Å². The summed E-state index contributed by atoms with van der Waals surface area (Å²) in [5, 5.41) is 0. The zero-order valence-corrected chi connectivity index (χ0v) is 19.1. The molecule has 162 valence electrons. The van der Waals surface area contributed by atoms with E-state index in [0.717, 1.165) is 37.2 Å². The Balaban J connectivity index is 1.81. The molecule has 4 nitrogen and oxygen atoms in total. The lowest BCUT2D eigenvalue weighted by Gasteiger charge is -2.50. The van der Waals surface area contributed by atoms with Gasteiger partial charge in [-0.05, 0) is 56.0 Å². The maximum Gasteiger partial charge on any atom is 0.219 e. The Bertz CT molecular complexity index is 821. The smallest absolute Gasteiger partial charge is 0.219 e. The standard InChI is InChI=1S/C26H36N2O2/c1-20-18-27(4)21(2)17-26(20,24-9-7-6-8-10-24)15-16-28(22(3)29)19-23-11-13-25(30-5)14-12-23/h6-14,20-21H,15-19H2,1-5H3/t20-,21-,26+/m1/s1. The number of hydrogen-bond acceptors (Lipinski definition) is 3. The third-order valence-corrected chi connectivity index (χ3v) is 7.07. The Morgan fingerprint density at radius 3 is 2.40 bits per heavy atom. The molecule has 1 saturated heterocycles. The number of methoxy groups -OCH3 is 1. The Morgan fingerprint density at radius 2 is 1.80 bits per heavy atom. The second-order valence-electron chi connectivity index (χ2n) is 8.95. The minimum Gasteiger partial charge on any atom is -0.497 e. The summed E-state index contributed by atoms with van der Waals surface area (Å²) in [5.74, 6) is 1.49. The lowest BCUT2D eigenvalue weighted by atomic mass is 9.63. The first-order chi connectivity index (χ1) is 14.4. The quantitative estimate of drug-likeness (QED) is 0.664. The van der Waals surface area contributed by atoms with Crippen molar-refractivity contribution in [3.63, 3.8) is 0 Å². The van der Waals surface area contributed by atoms with Gasteiger partial charge in [0.15, 0.2) is 0 Å². The Morgan fingerprint density at radius 1 is 1.13 bits per heavy atom. The van der Waals surface area contributed by atoms with E-state index in [1.807, 2.05) is 29.2 Å². The van der Waals surface area contributed by atoms with Crippen LogP contribution in [0.2, 0.25) is 0 Å². The summed E-state index contributed by atoms with van der Waals surface area (Å²) in [7, 11) is 3.89. The molecule has 1 aliphatic heterocycles. The molecule has 1 heterocycles. The maximum atomic E-state index is 12.5. The Labute approximate surface area is 181 Å². The molecule has 0 radical (unpaired) electrons. The summed E-state index contributed by atoms with van der Waals surface area (Å²) in [6, 6.07) is 19.5. The van der Waals surface area contributed by atoms with Gasteiger partial charge in [0, 0.05) is 38.0 Å². The lowest BCUT2D eigenvalue weighted by Crippen LogP contribution is -2.52. The van der Waals surface area contributed by atoms with Crippen LogP contribution in [0.5, 0.6) is 5.75 Å². The minimum atomic E-state index is 0.0841. The number of carbonyl (C=O) groups is 1. The molecule has 4 heteroatoms. The van der Waals surface area contributed by atoms with Gasteiger partial charge in [-0.3, -0.25) is 4.79 Å². The first-order valence-corrected chi connectivity index (χ1v) is 11.0. The van der Waals surface area contributed by atoms with Crippen LogP contribution >= 0.6 is 0 Å². The van der Waals surface area contributed by atoms with Gasteiger partial charge in [0.25, 0.3) is 0 Å². The van der Waals surface area contributed by atoms with Crippen LogP contribution in [-0.2, 0) is 16.8 Å². The number of ether oxygens (including phenoxy) is 1. The van der Waals surface area contributed by atoms with Gasteiger partial charge in [-0.1, -0.05) is 49.4 Å². The number of carbonyl (C=O) groups excluding carboxylic acids is 1. The van der Waals surface area contributed by atoms with E-state index in [1.165, 1.54) is 5.56 Å². The molecule has 0 aromatic heterocycles. The van der Waals surface area contributed by atoms with Gasteiger partial charge >= 0.3 is 0 Å². The maximum absolute atomic E-state index is 12.5. The predicted octanol–water partition coefficient (Wildman–Crippen LogP) is 4.73. The fraction of sp³-hybridized carbons (Fsp3) is 0.500. The summed E-state index contributed by atoms with van der Waals surface area (Å²) >= 11 is 0. The van der Waals surface area contributed by atoms with Crippen molar-refractivity contribution in [2.45, 2.75) is 51.6 Å². The fourth-order valence-corrected chi connectivity index (χ4v) is 4.97. The van der Waals surface area contributed by atoms with Crippen LogP contribution in [0.15, 0.2) is 54.6 Å². The molecular weight excluding hydrogens is 372 g/mol. The van der Waals surface area contributed by atoms with Crippen LogP contribution in [0.1, 0.15) is 44.7 Å². The molecule has 2 aromatic carbocycles. The molecule has 3 atom stereocenters. The van der Waals surface area contributed by atoms with Crippen LogP contribution < -0.4 is 4.74 Å². The number of nitrogens with zero attached hydrogens (tertiary/aromatic N) is 2. The second-order valence-corrected chi connectivity index (χ2v) is 8.95. The molecule has 1 amide bonds. The van der Waals surface area contributed by atoms with Crippen molar-refractivity contribution in [3.8, 4) is 5.75 Å². The summed E-state index contributed by atoms with van der Waals surface area (Å²) in [5.41, 5.74) is 2.62. The number of piperidine rings is 1. The number of amides is 1. The Hall–Kier alpha value is -2.33. The zero-order chi connectivity index (χ0) is 21.7. The van der Waals surface area contributed by atoms with Crippen LogP contribution in [-0.4, -0.2) is 49.0 Å². The Kier molecular flexibility index (Phi) is 7.19. The van der Waals surface area contributed by atoms with Crippen molar-refractivity contribution in [1.29, 1.82) is 0 Å². The van der Waals surface area contributed by atoms with Gasteiger partial charge in [0.1, 0.15) is 5.75 Å². The van der Waals surface area contributed by atoms with Crippen molar-refractivity contribution in [2.75, 3.05) is 27.2 Å². The van der Waals surface area contributed by atoms with Crippen LogP contribution in [0.3, 0.4) is 0 Å². The highest BCUT2D eigenvalue weighted by Crippen LogP contribution is 2.44. The highest BCUT2D eigenvalue weighted by molar-refractivity contribution is 5.73. The molecule has 3 rings (SSSR count).